The lowest BCUT2D eigenvalue weighted by atomic mass is 9.93. The fourth-order valence-electron chi connectivity index (χ4n) is 2.63. The number of halogens is 1. The van der Waals surface area contributed by atoms with Crippen molar-refractivity contribution in [3.05, 3.63) is 35.6 Å². The summed E-state index contributed by atoms with van der Waals surface area (Å²) >= 11 is 0. The summed E-state index contributed by atoms with van der Waals surface area (Å²) in [7, 11) is 0. The Labute approximate surface area is 123 Å². The molecule has 114 valence electrons. The summed E-state index contributed by atoms with van der Waals surface area (Å²) in [6.07, 6.45) is 1.78. The summed E-state index contributed by atoms with van der Waals surface area (Å²) in [5.41, 5.74) is 0.334. The number of amides is 1. The minimum Gasteiger partial charge on any atom is -0.481 e. The van der Waals surface area contributed by atoms with Gasteiger partial charge in [0.15, 0.2) is 0 Å². The average Bonchev–Trinajstić information content (AvgIpc) is 2.45. The van der Waals surface area contributed by atoms with Gasteiger partial charge < -0.3 is 10.0 Å². The molecule has 1 aromatic rings. The van der Waals surface area contributed by atoms with Crippen LogP contribution in [0.2, 0.25) is 0 Å². The van der Waals surface area contributed by atoms with E-state index in [1.54, 1.807) is 11.0 Å². The molecule has 1 atom stereocenters. The summed E-state index contributed by atoms with van der Waals surface area (Å²) in [6, 6.07) is 5.46. The van der Waals surface area contributed by atoms with Crippen LogP contribution in [0.4, 0.5) is 4.39 Å². The number of carbonyl (C=O) groups is 2. The monoisotopic (exact) mass is 293 g/mol. The largest absolute Gasteiger partial charge is 0.481 e. The second kappa shape index (κ2) is 6.70. The van der Waals surface area contributed by atoms with Gasteiger partial charge in [0, 0.05) is 19.5 Å². The SMILES string of the molecule is CC1CCN(C(=O)CC(C(=O)O)c2cccc(F)c2)CC1. The van der Waals surface area contributed by atoms with Gasteiger partial charge >= 0.3 is 5.97 Å². The van der Waals surface area contributed by atoms with E-state index in [4.69, 9.17) is 0 Å². The maximum absolute atomic E-state index is 13.2. The van der Waals surface area contributed by atoms with Crippen LogP contribution >= 0.6 is 0 Å². The molecule has 2 rings (SSSR count). The number of aliphatic carboxylic acids is 1. The zero-order chi connectivity index (χ0) is 15.4. The van der Waals surface area contributed by atoms with Crippen LogP contribution in [0.15, 0.2) is 24.3 Å². The molecule has 0 aromatic heterocycles. The van der Waals surface area contributed by atoms with Crippen LogP contribution in [0.5, 0.6) is 0 Å². The third-order valence-corrected chi connectivity index (χ3v) is 4.06. The van der Waals surface area contributed by atoms with Crippen molar-refractivity contribution in [3.8, 4) is 0 Å². The Balaban J connectivity index is 2.06. The molecule has 5 heteroatoms. The predicted octanol–water partition coefficient (Wildman–Crippen LogP) is 2.64. The smallest absolute Gasteiger partial charge is 0.311 e. The Morgan fingerprint density at radius 2 is 2.05 bits per heavy atom. The Hall–Kier alpha value is -1.91. The molecule has 1 fully saturated rings. The summed E-state index contributed by atoms with van der Waals surface area (Å²) in [5.74, 6) is -2.14. The molecule has 1 unspecified atom stereocenters. The average molecular weight is 293 g/mol. The minimum atomic E-state index is -1.10. The van der Waals surface area contributed by atoms with E-state index in [1.165, 1.54) is 18.2 Å². The third-order valence-electron chi connectivity index (χ3n) is 4.06. The van der Waals surface area contributed by atoms with Gasteiger partial charge in [0.05, 0.1) is 5.92 Å². The van der Waals surface area contributed by atoms with Crippen LogP contribution < -0.4 is 0 Å². The lowest BCUT2D eigenvalue weighted by Crippen LogP contribution is -2.39. The third kappa shape index (κ3) is 4.03. The minimum absolute atomic E-state index is 0.118. The second-order valence-corrected chi connectivity index (χ2v) is 5.71. The number of carbonyl (C=O) groups excluding carboxylic acids is 1. The molecule has 1 aromatic carbocycles. The van der Waals surface area contributed by atoms with Crippen LogP contribution in [0, 0.1) is 11.7 Å². The van der Waals surface area contributed by atoms with Gasteiger partial charge in [-0.25, -0.2) is 4.39 Å². The highest BCUT2D eigenvalue weighted by molar-refractivity contribution is 5.85. The number of piperidine rings is 1. The first kappa shape index (κ1) is 15.5. The van der Waals surface area contributed by atoms with Gasteiger partial charge in [-0.15, -0.1) is 0 Å². The van der Waals surface area contributed by atoms with Gasteiger partial charge in [-0.1, -0.05) is 19.1 Å². The Morgan fingerprint density at radius 1 is 1.38 bits per heavy atom. The fraction of sp³-hybridized carbons (Fsp3) is 0.500. The van der Waals surface area contributed by atoms with Crippen LogP contribution in [-0.2, 0) is 9.59 Å². The van der Waals surface area contributed by atoms with Crippen molar-refractivity contribution in [1.82, 2.24) is 4.90 Å². The highest BCUT2D eigenvalue weighted by Crippen LogP contribution is 2.24. The van der Waals surface area contributed by atoms with Gasteiger partial charge in [0.2, 0.25) is 5.91 Å². The Bertz CT molecular complexity index is 524. The van der Waals surface area contributed by atoms with Crippen molar-refractivity contribution in [2.24, 2.45) is 5.92 Å². The van der Waals surface area contributed by atoms with Crippen LogP contribution in [0.3, 0.4) is 0 Å². The van der Waals surface area contributed by atoms with Gasteiger partial charge in [0.1, 0.15) is 5.82 Å². The zero-order valence-corrected chi connectivity index (χ0v) is 12.1. The molecule has 0 saturated carbocycles. The number of carboxylic acid groups (broad SMARTS) is 1. The van der Waals surface area contributed by atoms with Crippen molar-refractivity contribution >= 4 is 11.9 Å². The number of rotatable bonds is 4. The van der Waals surface area contributed by atoms with Crippen molar-refractivity contribution in [2.75, 3.05) is 13.1 Å². The molecule has 1 heterocycles. The number of hydrogen-bond acceptors (Lipinski definition) is 2. The summed E-state index contributed by atoms with van der Waals surface area (Å²) in [4.78, 5) is 25.4. The molecule has 0 spiro atoms. The number of hydrogen-bond donors (Lipinski definition) is 1. The molecule has 21 heavy (non-hydrogen) atoms. The molecule has 1 saturated heterocycles. The number of benzene rings is 1. The van der Waals surface area contributed by atoms with E-state index < -0.39 is 17.7 Å². The number of nitrogens with zero attached hydrogens (tertiary/aromatic N) is 1. The molecule has 1 N–H and O–H groups in total. The highest BCUT2D eigenvalue weighted by Gasteiger charge is 2.27. The van der Waals surface area contributed by atoms with Crippen molar-refractivity contribution in [1.29, 1.82) is 0 Å². The number of carboxylic acids is 1. The van der Waals surface area contributed by atoms with E-state index in [1.807, 2.05) is 0 Å². The standard InChI is InChI=1S/C16H20FNO3/c1-11-5-7-18(8-6-11)15(19)10-14(16(20)21)12-3-2-4-13(17)9-12/h2-4,9,11,14H,5-8,10H2,1H3,(H,20,21). The van der Waals surface area contributed by atoms with E-state index in [0.29, 0.717) is 24.6 Å². The number of likely N-dealkylation sites (tertiary alicyclic amines) is 1. The van der Waals surface area contributed by atoms with Crippen molar-refractivity contribution in [3.63, 3.8) is 0 Å². The van der Waals surface area contributed by atoms with Crippen molar-refractivity contribution < 1.29 is 19.1 Å². The maximum atomic E-state index is 13.2. The van der Waals surface area contributed by atoms with Gasteiger partial charge in [-0.05, 0) is 36.5 Å². The molecule has 1 amide bonds. The first-order valence-corrected chi connectivity index (χ1v) is 7.23. The van der Waals surface area contributed by atoms with Gasteiger partial charge in [0.25, 0.3) is 0 Å². The molecule has 4 nitrogen and oxygen atoms in total. The van der Waals surface area contributed by atoms with E-state index in [-0.39, 0.29) is 12.3 Å². The maximum Gasteiger partial charge on any atom is 0.311 e. The Morgan fingerprint density at radius 3 is 2.62 bits per heavy atom. The van der Waals surface area contributed by atoms with Gasteiger partial charge in [-0.2, -0.15) is 0 Å². The lowest BCUT2D eigenvalue weighted by molar-refractivity contribution is -0.143. The molecule has 1 aliphatic rings. The zero-order valence-electron chi connectivity index (χ0n) is 12.1. The summed E-state index contributed by atoms with van der Waals surface area (Å²) in [6.45, 7) is 3.50. The second-order valence-electron chi connectivity index (χ2n) is 5.71. The van der Waals surface area contributed by atoms with E-state index in [0.717, 1.165) is 12.8 Å². The van der Waals surface area contributed by atoms with E-state index in [9.17, 15) is 19.1 Å². The molecule has 0 radical (unpaired) electrons. The van der Waals surface area contributed by atoms with Gasteiger partial charge in [-0.3, -0.25) is 9.59 Å². The van der Waals surface area contributed by atoms with Crippen LogP contribution in [0.25, 0.3) is 0 Å². The topological polar surface area (TPSA) is 57.6 Å². The summed E-state index contributed by atoms with van der Waals surface area (Å²) in [5, 5.41) is 9.31. The lowest BCUT2D eigenvalue weighted by Gasteiger charge is -2.31. The molecule has 1 aliphatic heterocycles. The predicted molar refractivity (Wildman–Crippen MR) is 76.4 cm³/mol. The first-order chi connectivity index (χ1) is 9.97. The van der Waals surface area contributed by atoms with E-state index >= 15 is 0 Å². The molecular formula is C16H20FNO3. The van der Waals surface area contributed by atoms with Crippen LogP contribution in [0.1, 0.15) is 37.7 Å². The summed E-state index contributed by atoms with van der Waals surface area (Å²) < 4.78 is 13.2. The van der Waals surface area contributed by atoms with E-state index in [2.05, 4.69) is 6.92 Å². The molecule has 0 bridgehead atoms. The fourth-order valence-corrected chi connectivity index (χ4v) is 2.63. The van der Waals surface area contributed by atoms with Crippen LogP contribution in [-0.4, -0.2) is 35.0 Å². The van der Waals surface area contributed by atoms with Crippen molar-refractivity contribution in [2.45, 2.75) is 32.1 Å². The first-order valence-electron chi connectivity index (χ1n) is 7.23. The normalized spacial score (nSPS) is 17.5. The molecular weight excluding hydrogens is 273 g/mol. The quantitative estimate of drug-likeness (QED) is 0.928. The molecule has 0 aliphatic carbocycles. The Kier molecular flexibility index (Phi) is 4.94. The highest BCUT2D eigenvalue weighted by atomic mass is 19.1.